The highest BCUT2D eigenvalue weighted by Gasteiger charge is 2.55. The summed E-state index contributed by atoms with van der Waals surface area (Å²) >= 11 is 0. The molecule has 1 heterocycles. The van der Waals surface area contributed by atoms with E-state index >= 15 is 0 Å². The maximum atomic E-state index is 2.82. The fourth-order valence-corrected chi connectivity index (χ4v) is 4.28. The van der Waals surface area contributed by atoms with Gasteiger partial charge < -0.3 is 0 Å². The summed E-state index contributed by atoms with van der Waals surface area (Å²) in [6, 6.07) is 10.8. The maximum absolute atomic E-state index is 2.82. The molecule has 0 amide bonds. The van der Waals surface area contributed by atoms with E-state index in [1.54, 1.807) is 11.1 Å². The molecule has 3 fully saturated rings. The molecule has 0 radical (unpaired) electrons. The Morgan fingerprint density at radius 3 is 2.32 bits per heavy atom. The molecule has 3 aliphatic rings. The molecule has 2 saturated carbocycles. The summed E-state index contributed by atoms with van der Waals surface area (Å²) in [6.07, 6.45) is 5.66. The first-order chi connectivity index (χ1) is 9.05. The molecule has 1 saturated heterocycles. The smallest absolute Gasteiger partial charge is 0.0362 e. The lowest BCUT2D eigenvalue weighted by molar-refractivity contribution is 0.0950. The minimum atomic E-state index is 0.303. The SMILES string of the molecule is CC(C)(C)N1C(c2ccccc2C2CC2)CC2CC21. The number of hydrogen-bond acceptors (Lipinski definition) is 1. The number of fused-ring (bicyclic) bond motifs is 1. The van der Waals surface area contributed by atoms with Gasteiger partial charge >= 0.3 is 0 Å². The molecule has 1 aromatic rings. The lowest BCUT2D eigenvalue weighted by atomic mass is 9.92. The highest BCUT2D eigenvalue weighted by Crippen LogP contribution is 2.57. The van der Waals surface area contributed by atoms with Crippen LogP contribution >= 0.6 is 0 Å². The van der Waals surface area contributed by atoms with Crippen LogP contribution in [0.2, 0.25) is 0 Å². The predicted octanol–water partition coefficient (Wildman–Crippen LogP) is 4.50. The summed E-state index contributed by atoms with van der Waals surface area (Å²) in [5.41, 5.74) is 3.60. The molecule has 102 valence electrons. The van der Waals surface area contributed by atoms with Crippen molar-refractivity contribution in [3.8, 4) is 0 Å². The molecule has 0 aromatic heterocycles. The van der Waals surface area contributed by atoms with Gasteiger partial charge in [-0.25, -0.2) is 0 Å². The molecule has 0 spiro atoms. The van der Waals surface area contributed by atoms with Gasteiger partial charge in [0.2, 0.25) is 0 Å². The van der Waals surface area contributed by atoms with Gasteiger partial charge in [0.25, 0.3) is 0 Å². The molecule has 0 bridgehead atoms. The Balaban J connectivity index is 1.72. The van der Waals surface area contributed by atoms with Crippen LogP contribution in [0.3, 0.4) is 0 Å². The Morgan fingerprint density at radius 2 is 1.68 bits per heavy atom. The lowest BCUT2D eigenvalue weighted by Gasteiger charge is -2.40. The van der Waals surface area contributed by atoms with Crippen LogP contribution in [0.4, 0.5) is 0 Å². The molecular weight excluding hydrogens is 230 g/mol. The minimum absolute atomic E-state index is 0.303. The quantitative estimate of drug-likeness (QED) is 0.752. The van der Waals surface area contributed by atoms with Crippen molar-refractivity contribution in [2.45, 2.75) is 70.0 Å². The van der Waals surface area contributed by atoms with Gasteiger partial charge in [-0.05, 0) is 69.4 Å². The van der Waals surface area contributed by atoms with Crippen molar-refractivity contribution in [1.29, 1.82) is 0 Å². The maximum Gasteiger partial charge on any atom is 0.0362 e. The fourth-order valence-electron chi connectivity index (χ4n) is 4.28. The van der Waals surface area contributed by atoms with Crippen molar-refractivity contribution in [2.24, 2.45) is 5.92 Å². The monoisotopic (exact) mass is 255 g/mol. The molecule has 3 unspecified atom stereocenters. The summed E-state index contributed by atoms with van der Waals surface area (Å²) in [6.45, 7) is 7.17. The Bertz CT molecular complexity index is 495. The zero-order valence-corrected chi connectivity index (χ0v) is 12.4. The summed E-state index contributed by atoms with van der Waals surface area (Å²) in [4.78, 5) is 2.82. The Labute approximate surface area is 117 Å². The zero-order valence-electron chi connectivity index (χ0n) is 12.4. The third-order valence-electron chi connectivity index (χ3n) is 5.25. The second kappa shape index (κ2) is 3.85. The molecule has 1 aliphatic heterocycles. The molecule has 1 heteroatoms. The minimum Gasteiger partial charge on any atom is -0.288 e. The van der Waals surface area contributed by atoms with Crippen LogP contribution in [0.1, 0.15) is 69.5 Å². The average Bonchev–Trinajstić information content (AvgIpc) is 3.27. The first-order valence-corrected chi connectivity index (χ1v) is 7.93. The zero-order chi connectivity index (χ0) is 13.2. The van der Waals surface area contributed by atoms with E-state index < -0.39 is 0 Å². The number of benzene rings is 1. The van der Waals surface area contributed by atoms with Gasteiger partial charge in [-0.2, -0.15) is 0 Å². The number of nitrogens with zero attached hydrogens (tertiary/aromatic N) is 1. The number of hydrogen-bond donors (Lipinski definition) is 0. The Kier molecular flexibility index (Phi) is 2.42. The third kappa shape index (κ3) is 1.94. The summed E-state index contributed by atoms with van der Waals surface area (Å²) in [5.74, 6) is 1.85. The molecule has 3 atom stereocenters. The highest BCUT2D eigenvalue weighted by atomic mass is 15.3. The Morgan fingerprint density at radius 1 is 1.00 bits per heavy atom. The van der Waals surface area contributed by atoms with Crippen molar-refractivity contribution < 1.29 is 0 Å². The first-order valence-electron chi connectivity index (χ1n) is 7.93. The summed E-state index contributed by atoms with van der Waals surface area (Å²) < 4.78 is 0. The van der Waals surface area contributed by atoms with Crippen molar-refractivity contribution in [3.63, 3.8) is 0 Å². The highest BCUT2D eigenvalue weighted by molar-refractivity contribution is 5.37. The van der Waals surface area contributed by atoms with E-state index in [0.29, 0.717) is 11.6 Å². The fraction of sp³-hybridized carbons (Fsp3) is 0.667. The van der Waals surface area contributed by atoms with Gasteiger partial charge in [-0.1, -0.05) is 24.3 Å². The standard InChI is InChI=1S/C18H25N/c1-18(2,3)19-16-10-13(16)11-17(19)15-7-5-4-6-14(15)12-8-9-12/h4-7,12-13,16-17H,8-11H2,1-3H3. The van der Waals surface area contributed by atoms with Gasteiger partial charge in [-0.15, -0.1) is 0 Å². The van der Waals surface area contributed by atoms with E-state index in [1.165, 1.54) is 25.7 Å². The molecule has 4 rings (SSSR count). The van der Waals surface area contributed by atoms with Crippen LogP contribution in [0, 0.1) is 5.92 Å². The van der Waals surface area contributed by atoms with Gasteiger partial charge in [0.05, 0.1) is 0 Å². The number of piperidine rings is 1. The summed E-state index contributed by atoms with van der Waals surface area (Å²) in [7, 11) is 0. The van der Waals surface area contributed by atoms with Crippen molar-refractivity contribution >= 4 is 0 Å². The van der Waals surface area contributed by atoms with E-state index in [9.17, 15) is 0 Å². The van der Waals surface area contributed by atoms with Crippen LogP contribution in [0.15, 0.2) is 24.3 Å². The van der Waals surface area contributed by atoms with Gasteiger partial charge in [-0.3, -0.25) is 4.90 Å². The molecular formula is C18H25N. The molecule has 2 aliphatic carbocycles. The molecule has 1 nitrogen and oxygen atoms in total. The predicted molar refractivity (Wildman–Crippen MR) is 79.3 cm³/mol. The van der Waals surface area contributed by atoms with E-state index in [0.717, 1.165) is 17.9 Å². The Hall–Kier alpha value is -0.820. The van der Waals surface area contributed by atoms with Crippen LogP contribution < -0.4 is 0 Å². The molecule has 1 aromatic carbocycles. The van der Waals surface area contributed by atoms with Gasteiger partial charge in [0.1, 0.15) is 0 Å². The van der Waals surface area contributed by atoms with E-state index in [4.69, 9.17) is 0 Å². The first kappa shape index (κ1) is 12.0. The number of likely N-dealkylation sites (tertiary alicyclic amines) is 1. The van der Waals surface area contributed by atoms with E-state index in [1.807, 2.05) is 0 Å². The number of rotatable bonds is 2. The van der Waals surface area contributed by atoms with E-state index in [-0.39, 0.29) is 0 Å². The van der Waals surface area contributed by atoms with Gasteiger partial charge in [0.15, 0.2) is 0 Å². The second-order valence-corrected chi connectivity index (χ2v) is 7.80. The average molecular weight is 255 g/mol. The van der Waals surface area contributed by atoms with Crippen molar-refractivity contribution in [3.05, 3.63) is 35.4 Å². The van der Waals surface area contributed by atoms with Crippen LogP contribution in [0.5, 0.6) is 0 Å². The topological polar surface area (TPSA) is 3.24 Å². The normalized spacial score (nSPS) is 34.4. The van der Waals surface area contributed by atoms with Crippen LogP contribution in [-0.2, 0) is 0 Å². The molecule has 19 heavy (non-hydrogen) atoms. The van der Waals surface area contributed by atoms with E-state index in [2.05, 4.69) is 49.9 Å². The van der Waals surface area contributed by atoms with Crippen LogP contribution in [-0.4, -0.2) is 16.5 Å². The summed E-state index contributed by atoms with van der Waals surface area (Å²) in [5, 5.41) is 0. The molecule has 0 N–H and O–H groups in total. The lowest BCUT2D eigenvalue weighted by Crippen LogP contribution is -2.43. The van der Waals surface area contributed by atoms with Crippen molar-refractivity contribution in [1.82, 2.24) is 4.90 Å². The largest absolute Gasteiger partial charge is 0.288 e. The van der Waals surface area contributed by atoms with Gasteiger partial charge in [0, 0.05) is 17.6 Å². The third-order valence-corrected chi connectivity index (χ3v) is 5.25. The van der Waals surface area contributed by atoms with Crippen molar-refractivity contribution in [2.75, 3.05) is 0 Å². The van der Waals surface area contributed by atoms with Crippen LogP contribution in [0.25, 0.3) is 0 Å². The second-order valence-electron chi connectivity index (χ2n) is 7.80.